The maximum Gasteiger partial charge on any atom is 0.422 e. The molecule has 1 atom stereocenters. The van der Waals surface area contributed by atoms with Crippen molar-refractivity contribution in [2.75, 3.05) is 5.32 Å². The molecule has 0 bridgehead atoms. The number of hydrogen-bond donors (Lipinski definition) is 2. The van der Waals surface area contributed by atoms with Gasteiger partial charge in [-0.3, -0.25) is 9.36 Å². The van der Waals surface area contributed by atoms with Gasteiger partial charge in [0.1, 0.15) is 0 Å². The van der Waals surface area contributed by atoms with E-state index in [-0.39, 0.29) is 0 Å². The molecule has 0 radical (unpaired) electrons. The Bertz CT molecular complexity index is 663. The van der Waals surface area contributed by atoms with Crippen LogP contribution in [-0.4, -0.2) is 37.1 Å². The molecule has 0 saturated heterocycles. The van der Waals surface area contributed by atoms with Gasteiger partial charge in [-0.1, -0.05) is 0 Å². The average molecular weight is 296 g/mol. The molecular weight excluding hydrogens is 285 g/mol. The molecule has 1 heterocycles. The van der Waals surface area contributed by atoms with Crippen molar-refractivity contribution in [3.63, 3.8) is 0 Å². The molecule has 1 aromatic heterocycles. The van der Waals surface area contributed by atoms with E-state index < -0.39 is 34.8 Å². The monoisotopic (exact) mass is 296 g/mol. The van der Waals surface area contributed by atoms with Gasteiger partial charge in [0, 0.05) is 14.1 Å². The number of hydrogen-bond acceptors (Lipinski definition) is 5. The molecule has 11 heteroatoms. The number of nitrogens with zero attached hydrogens (tertiary/aromatic N) is 3. The van der Waals surface area contributed by atoms with Crippen molar-refractivity contribution >= 4 is 11.8 Å². The Morgan fingerprint density at radius 3 is 2.20 bits per heavy atom. The SMILES string of the molecule is Cn1nc(NC(C)(C(=O)O)C(F)(F)F)c(=O)n(C)c1=O. The van der Waals surface area contributed by atoms with E-state index in [9.17, 15) is 27.6 Å². The lowest BCUT2D eigenvalue weighted by atomic mass is 10.0. The standard InChI is InChI=1S/C9H11F3N4O4/c1-8(6(18)19,9(10,11)12)13-4-5(17)15(2)7(20)16(3)14-4/h1-3H3,(H,13,14)(H,18,19). The van der Waals surface area contributed by atoms with Gasteiger partial charge in [-0.15, -0.1) is 5.10 Å². The molecule has 1 unspecified atom stereocenters. The summed E-state index contributed by atoms with van der Waals surface area (Å²) in [6, 6.07) is 0. The first-order chi connectivity index (χ1) is 8.91. The molecule has 0 fully saturated rings. The summed E-state index contributed by atoms with van der Waals surface area (Å²) in [7, 11) is 2.14. The zero-order valence-corrected chi connectivity index (χ0v) is 10.6. The number of anilines is 1. The second-order valence-corrected chi connectivity index (χ2v) is 4.17. The van der Waals surface area contributed by atoms with Crippen molar-refractivity contribution in [2.45, 2.75) is 18.6 Å². The highest BCUT2D eigenvalue weighted by Gasteiger charge is 2.58. The number of aliphatic carboxylic acids is 1. The first-order valence-electron chi connectivity index (χ1n) is 5.14. The minimum atomic E-state index is -5.18. The number of carboxylic acids is 1. The Hall–Kier alpha value is -2.33. The van der Waals surface area contributed by atoms with E-state index in [0.29, 0.717) is 16.2 Å². The van der Waals surface area contributed by atoms with E-state index in [1.54, 1.807) is 5.32 Å². The van der Waals surface area contributed by atoms with Crippen LogP contribution in [0, 0.1) is 0 Å². The number of carboxylic acid groups (broad SMARTS) is 1. The van der Waals surface area contributed by atoms with Gasteiger partial charge in [0.15, 0.2) is 0 Å². The number of aryl methyl sites for hydroxylation is 1. The Morgan fingerprint density at radius 2 is 1.80 bits per heavy atom. The third-order valence-corrected chi connectivity index (χ3v) is 2.68. The molecule has 0 aliphatic rings. The number of rotatable bonds is 3. The Morgan fingerprint density at radius 1 is 1.30 bits per heavy atom. The zero-order chi connectivity index (χ0) is 15.9. The fourth-order valence-corrected chi connectivity index (χ4v) is 1.26. The van der Waals surface area contributed by atoms with Crippen LogP contribution in [0.3, 0.4) is 0 Å². The van der Waals surface area contributed by atoms with Crippen molar-refractivity contribution in [3.8, 4) is 0 Å². The van der Waals surface area contributed by atoms with Crippen molar-refractivity contribution in [2.24, 2.45) is 14.1 Å². The highest BCUT2D eigenvalue weighted by Crippen LogP contribution is 2.32. The van der Waals surface area contributed by atoms with Crippen LogP contribution in [0.4, 0.5) is 19.0 Å². The van der Waals surface area contributed by atoms with Gasteiger partial charge in [-0.05, 0) is 6.92 Å². The summed E-state index contributed by atoms with van der Waals surface area (Å²) in [5.74, 6) is -3.13. The molecule has 0 saturated carbocycles. The van der Waals surface area contributed by atoms with Crippen LogP contribution in [0.25, 0.3) is 0 Å². The first kappa shape index (κ1) is 15.7. The molecule has 20 heavy (non-hydrogen) atoms. The fraction of sp³-hybridized carbons (Fsp3) is 0.556. The summed E-state index contributed by atoms with van der Waals surface area (Å²) in [4.78, 5) is 33.8. The lowest BCUT2D eigenvalue weighted by Gasteiger charge is -2.28. The summed E-state index contributed by atoms with van der Waals surface area (Å²) in [5, 5.41) is 13.6. The number of alkyl halides is 3. The molecule has 0 amide bonds. The minimum absolute atomic E-state index is 0.349. The molecule has 112 valence electrons. The van der Waals surface area contributed by atoms with E-state index in [2.05, 4.69) is 5.10 Å². The largest absolute Gasteiger partial charge is 0.479 e. The van der Waals surface area contributed by atoms with Gasteiger partial charge >= 0.3 is 17.8 Å². The van der Waals surface area contributed by atoms with Gasteiger partial charge in [0.05, 0.1) is 0 Å². The highest BCUT2D eigenvalue weighted by molar-refractivity contribution is 5.83. The highest BCUT2D eigenvalue weighted by atomic mass is 19.4. The second-order valence-electron chi connectivity index (χ2n) is 4.17. The average Bonchev–Trinajstić information content (AvgIpc) is 2.31. The number of carbonyl (C=O) groups is 1. The lowest BCUT2D eigenvalue weighted by molar-refractivity contribution is -0.193. The Kier molecular flexibility index (Phi) is 3.66. The maximum absolute atomic E-state index is 12.8. The fourth-order valence-electron chi connectivity index (χ4n) is 1.26. The van der Waals surface area contributed by atoms with Crippen LogP contribution in [0.5, 0.6) is 0 Å². The second kappa shape index (κ2) is 4.65. The number of nitrogens with one attached hydrogen (secondary N) is 1. The molecule has 1 aromatic rings. The summed E-state index contributed by atoms with van der Waals surface area (Å²) in [5.41, 5.74) is -5.43. The van der Waals surface area contributed by atoms with Crippen LogP contribution in [0.1, 0.15) is 6.92 Å². The molecule has 0 aliphatic carbocycles. The molecule has 1 rings (SSSR count). The van der Waals surface area contributed by atoms with E-state index in [4.69, 9.17) is 5.11 Å². The third-order valence-electron chi connectivity index (χ3n) is 2.68. The normalized spacial score (nSPS) is 14.7. The topological polar surface area (TPSA) is 106 Å². The predicted molar refractivity (Wildman–Crippen MR) is 60.4 cm³/mol. The smallest absolute Gasteiger partial charge is 0.422 e. The van der Waals surface area contributed by atoms with Crippen LogP contribution >= 0.6 is 0 Å². The predicted octanol–water partition coefficient (Wildman–Crippen LogP) is -0.703. The van der Waals surface area contributed by atoms with Gasteiger partial charge in [0.25, 0.3) is 5.56 Å². The molecular formula is C9H11F3N4O4. The van der Waals surface area contributed by atoms with E-state index in [1.165, 1.54) is 0 Å². The van der Waals surface area contributed by atoms with Crippen LogP contribution in [0.15, 0.2) is 9.59 Å². The van der Waals surface area contributed by atoms with Crippen LogP contribution in [-0.2, 0) is 18.9 Å². The molecule has 8 nitrogen and oxygen atoms in total. The third kappa shape index (κ3) is 2.38. The van der Waals surface area contributed by atoms with Gasteiger partial charge in [0.2, 0.25) is 11.4 Å². The first-order valence-corrected chi connectivity index (χ1v) is 5.14. The van der Waals surface area contributed by atoms with E-state index >= 15 is 0 Å². The summed E-state index contributed by atoms with van der Waals surface area (Å²) in [6.45, 7) is 0.349. The van der Waals surface area contributed by atoms with Gasteiger partial charge in [-0.2, -0.15) is 13.2 Å². The summed E-state index contributed by atoms with van der Waals surface area (Å²) in [6.07, 6.45) is -5.18. The van der Waals surface area contributed by atoms with Gasteiger partial charge < -0.3 is 10.4 Å². The van der Waals surface area contributed by atoms with E-state index in [0.717, 1.165) is 14.1 Å². The summed E-state index contributed by atoms with van der Waals surface area (Å²) >= 11 is 0. The van der Waals surface area contributed by atoms with Gasteiger partial charge in [-0.25, -0.2) is 14.3 Å². The van der Waals surface area contributed by atoms with Crippen molar-refractivity contribution in [1.82, 2.24) is 14.3 Å². The Balaban J connectivity index is 3.46. The molecule has 0 aliphatic heterocycles. The Labute approximate surface area is 109 Å². The minimum Gasteiger partial charge on any atom is -0.479 e. The van der Waals surface area contributed by atoms with Crippen molar-refractivity contribution in [3.05, 3.63) is 20.8 Å². The van der Waals surface area contributed by atoms with Crippen molar-refractivity contribution < 1.29 is 23.1 Å². The van der Waals surface area contributed by atoms with Crippen LogP contribution < -0.4 is 16.6 Å². The maximum atomic E-state index is 12.8. The summed E-state index contributed by atoms with van der Waals surface area (Å²) < 4.78 is 39.5. The molecule has 2 N–H and O–H groups in total. The quantitative estimate of drug-likeness (QED) is 0.763. The van der Waals surface area contributed by atoms with E-state index in [1.807, 2.05) is 0 Å². The van der Waals surface area contributed by atoms with Crippen molar-refractivity contribution in [1.29, 1.82) is 0 Å². The molecule has 0 aromatic carbocycles. The number of aromatic nitrogens is 3. The van der Waals surface area contributed by atoms with Crippen LogP contribution in [0.2, 0.25) is 0 Å². The lowest BCUT2D eigenvalue weighted by Crippen LogP contribution is -2.57. The number of halogens is 3. The zero-order valence-electron chi connectivity index (χ0n) is 10.6. The molecule has 0 spiro atoms.